The van der Waals surface area contributed by atoms with Gasteiger partial charge >= 0.3 is 5.97 Å². The maximum absolute atomic E-state index is 12.2. The molecule has 0 saturated carbocycles. The predicted octanol–water partition coefficient (Wildman–Crippen LogP) is 1.27. The first-order valence-electron chi connectivity index (χ1n) is 8.12. The fourth-order valence-electron chi connectivity index (χ4n) is 2.87. The minimum atomic E-state index is -0.601. The Kier molecular flexibility index (Phi) is 4.92. The molecule has 0 bridgehead atoms. The van der Waals surface area contributed by atoms with Crippen LogP contribution < -0.4 is 10.6 Å². The topological polar surface area (TPSA) is 93.2 Å². The van der Waals surface area contributed by atoms with Gasteiger partial charge in [0.05, 0.1) is 7.11 Å². The molecule has 7 nitrogen and oxygen atoms in total. The molecule has 0 radical (unpaired) electrons. The molecule has 0 aliphatic carbocycles. The lowest BCUT2D eigenvalue weighted by molar-refractivity contribution is -0.141. The van der Waals surface area contributed by atoms with Crippen molar-refractivity contribution < 1.29 is 14.3 Å². The van der Waals surface area contributed by atoms with E-state index in [0.717, 1.165) is 11.1 Å². The number of amides is 1. The van der Waals surface area contributed by atoms with E-state index in [0.29, 0.717) is 36.7 Å². The van der Waals surface area contributed by atoms with Crippen molar-refractivity contribution in [3.63, 3.8) is 0 Å². The van der Waals surface area contributed by atoms with Crippen LogP contribution in [0.2, 0.25) is 0 Å². The first-order valence-corrected chi connectivity index (χ1v) is 8.12. The molecule has 1 aliphatic heterocycles. The van der Waals surface area contributed by atoms with Gasteiger partial charge in [-0.2, -0.15) is 0 Å². The second-order valence-corrected chi connectivity index (χ2v) is 5.86. The fraction of sp³-hybridized carbons (Fsp3) is 0.333. The maximum atomic E-state index is 12.2. The summed E-state index contributed by atoms with van der Waals surface area (Å²) in [5, 5.41) is 5.93. The van der Waals surface area contributed by atoms with Crippen LogP contribution in [0.25, 0.3) is 0 Å². The Labute approximate surface area is 145 Å². The number of aryl methyl sites for hydroxylation is 1. The first kappa shape index (κ1) is 16.9. The lowest BCUT2D eigenvalue weighted by atomic mass is 10.0. The Morgan fingerprint density at radius 3 is 2.80 bits per heavy atom. The van der Waals surface area contributed by atoms with Crippen molar-refractivity contribution >= 4 is 17.7 Å². The lowest BCUT2D eigenvalue weighted by Gasteiger charge is -2.23. The Hall–Kier alpha value is -2.96. The quantitative estimate of drug-likeness (QED) is 0.796. The van der Waals surface area contributed by atoms with Crippen molar-refractivity contribution in [3.8, 4) is 0 Å². The molecule has 1 atom stereocenters. The van der Waals surface area contributed by atoms with Gasteiger partial charge in [0.1, 0.15) is 23.4 Å². The van der Waals surface area contributed by atoms with Gasteiger partial charge in [-0.1, -0.05) is 30.3 Å². The second-order valence-electron chi connectivity index (χ2n) is 5.86. The Morgan fingerprint density at radius 2 is 2.08 bits per heavy atom. The fourth-order valence-corrected chi connectivity index (χ4v) is 2.87. The van der Waals surface area contributed by atoms with E-state index in [1.807, 2.05) is 30.3 Å². The summed E-state index contributed by atoms with van der Waals surface area (Å²) in [6.07, 6.45) is 1.07. The van der Waals surface area contributed by atoms with Gasteiger partial charge in [-0.3, -0.25) is 4.79 Å². The van der Waals surface area contributed by atoms with Gasteiger partial charge in [-0.05, 0) is 18.9 Å². The van der Waals surface area contributed by atoms with E-state index in [4.69, 9.17) is 4.74 Å². The molecule has 2 N–H and O–H groups in total. The number of aromatic nitrogens is 2. The molecule has 2 heterocycles. The number of benzene rings is 1. The van der Waals surface area contributed by atoms with Crippen LogP contribution in [-0.4, -0.2) is 41.5 Å². The molecule has 130 valence electrons. The number of anilines is 1. The zero-order valence-electron chi connectivity index (χ0n) is 14.2. The van der Waals surface area contributed by atoms with Gasteiger partial charge in [0.25, 0.3) is 5.91 Å². The summed E-state index contributed by atoms with van der Waals surface area (Å²) in [6, 6.07) is 9.07. The molecule has 0 unspecified atom stereocenters. The van der Waals surface area contributed by atoms with E-state index < -0.39 is 6.04 Å². The summed E-state index contributed by atoms with van der Waals surface area (Å²) in [4.78, 5) is 32.9. The minimum absolute atomic E-state index is 0.215. The Morgan fingerprint density at radius 1 is 1.32 bits per heavy atom. The highest BCUT2D eigenvalue weighted by Gasteiger charge is 2.26. The minimum Gasteiger partial charge on any atom is -0.467 e. The molecule has 1 aliphatic rings. The van der Waals surface area contributed by atoms with E-state index in [9.17, 15) is 9.59 Å². The molecule has 3 rings (SSSR count). The van der Waals surface area contributed by atoms with E-state index >= 15 is 0 Å². The van der Waals surface area contributed by atoms with Crippen LogP contribution >= 0.6 is 0 Å². The number of fused-ring (bicyclic) bond motifs is 1. The average molecular weight is 340 g/mol. The van der Waals surface area contributed by atoms with Crippen LogP contribution in [0.1, 0.15) is 27.4 Å². The molecule has 0 saturated heterocycles. The summed E-state index contributed by atoms with van der Waals surface area (Å²) in [5.41, 5.74) is 2.10. The number of hydrogen-bond acceptors (Lipinski definition) is 6. The van der Waals surface area contributed by atoms with Gasteiger partial charge in [0.15, 0.2) is 0 Å². The number of carbonyl (C=O) groups excluding carboxylic acids is 2. The third-order valence-electron chi connectivity index (χ3n) is 4.07. The summed E-state index contributed by atoms with van der Waals surface area (Å²) in [5.74, 6) is 0.395. The summed E-state index contributed by atoms with van der Waals surface area (Å²) >= 11 is 0. The van der Waals surface area contributed by atoms with Gasteiger partial charge in [0, 0.05) is 18.5 Å². The number of nitrogens with one attached hydrogen (secondary N) is 2. The first-order chi connectivity index (χ1) is 12.1. The molecule has 0 spiro atoms. The van der Waals surface area contributed by atoms with Crippen molar-refractivity contribution in [2.45, 2.75) is 25.8 Å². The largest absolute Gasteiger partial charge is 0.467 e. The number of methoxy groups -OCH3 is 1. The number of nitrogens with zero attached hydrogens (tertiary/aromatic N) is 2. The third kappa shape index (κ3) is 3.76. The normalized spacial score (nSPS) is 14.2. The highest BCUT2D eigenvalue weighted by atomic mass is 16.5. The van der Waals surface area contributed by atoms with Crippen molar-refractivity contribution in [2.75, 3.05) is 19.0 Å². The molecule has 2 aromatic rings. The molecular weight excluding hydrogens is 320 g/mol. The number of hydrogen-bond donors (Lipinski definition) is 2. The van der Waals surface area contributed by atoms with Crippen molar-refractivity contribution in [1.82, 2.24) is 15.3 Å². The summed E-state index contributed by atoms with van der Waals surface area (Å²) in [7, 11) is 1.36. The molecule has 1 aromatic heterocycles. The van der Waals surface area contributed by atoms with Crippen LogP contribution in [0.4, 0.5) is 5.82 Å². The van der Waals surface area contributed by atoms with E-state index in [2.05, 4.69) is 20.6 Å². The van der Waals surface area contributed by atoms with Crippen LogP contribution in [0.5, 0.6) is 0 Å². The van der Waals surface area contributed by atoms with Gasteiger partial charge in [-0.25, -0.2) is 14.8 Å². The molecule has 1 aromatic carbocycles. The predicted molar refractivity (Wildman–Crippen MR) is 92.4 cm³/mol. The van der Waals surface area contributed by atoms with Crippen molar-refractivity contribution in [1.29, 1.82) is 0 Å². The van der Waals surface area contributed by atoms with Gasteiger partial charge < -0.3 is 15.4 Å². The zero-order chi connectivity index (χ0) is 17.8. The highest BCUT2D eigenvalue weighted by Crippen LogP contribution is 2.22. The van der Waals surface area contributed by atoms with Crippen molar-refractivity contribution in [2.24, 2.45) is 0 Å². The van der Waals surface area contributed by atoms with Crippen LogP contribution in [0.15, 0.2) is 30.3 Å². The Bertz CT molecular complexity index is 792. The van der Waals surface area contributed by atoms with Gasteiger partial charge in [-0.15, -0.1) is 0 Å². The standard InChI is InChI=1S/C18H20N4O3/c1-11-20-15-13(8-9-19-17(15)23)16(21-11)22-14(18(24)25-2)10-12-6-4-3-5-7-12/h3-7,14H,8-10H2,1-2H3,(H,19,23)(H,20,21,22)/t14-/m1/s1. The molecule has 0 fully saturated rings. The highest BCUT2D eigenvalue weighted by molar-refractivity contribution is 5.96. The number of esters is 1. The second kappa shape index (κ2) is 7.29. The zero-order valence-corrected chi connectivity index (χ0v) is 14.2. The van der Waals surface area contributed by atoms with E-state index in [1.54, 1.807) is 6.92 Å². The molecule has 1 amide bonds. The average Bonchev–Trinajstić information content (AvgIpc) is 2.62. The Balaban J connectivity index is 1.92. The lowest BCUT2D eigenvalue weighted by Crippen LogP contribution is -2.37. The van der Waals surface area contributed by atoms with Crippen LogP contribution in [0, 0.1) is 6.92 Å². The monoisotopic (exact) mass is 340 g/mol. The number of carbonyl (C=O) groups is 2. The SMILES string of the molecule is COC(=O)[C@@H](Cc1ccccc1)Nc1nc(C)nc2c1CCNC2=O. The van der Waals surface area contributed by atoms with Crippen LogP contribution in [-0.2, 0) is 22.4 Å². The number of rotatable bonds is 5. The van der Waals surface area contributed by atoms with E-state index in [-0.39, 0.29) is 11.9 Å². The smallest absolute Gasteiger partial charge is 0.328 e. The maximum Gasteiger partial charge on any atom is 0.328 e. The van der Waals surface area contributed by atoms with E-state index in [1.165, 1.54) is 7.11 Å². The summed E-state index contributed by atoms with van der Waals surface area (Å²) in [6.45, 7) is 2.24. The molecular formula is C18H20N4O3. The molecule has 25 heavy (non-hydrogen) atoms. The number of ether oxygens (including phenoxy) is 1. The summed E-state index contributed by atoms with van der Waals surface area (Å²) < 4.78 is 4.93. The third-order valence-corrected chi connectivity index (χ3v) is 4.07. The van der Waals surface area contributed by atoms with Crippen molar-refractivity contribution in [3.05, 3.63) is 53.0 Å². The van der Waals surface area contributed by atoms with Crippen LogP contribution in [0.3, 0.4) is 0 Å². The van der Waals surface area contributed by atoms with Gasteiger partial charge in [0.2, 0.25) is 0 Å². The molecule has 7 heteroatoms.